The molecule has 19 heavy (non-hydrogen) atoms. The summed E-state index contributed by atoms with van der Waals surface area (Å²) in [6, 6.07) is 11.3. The zero-order chi connectivity index (χ0) is 13.1. The Morgan fingerprint density at radius 2 is 1.89 bits per heavy atom. The van der Waals surface area contributed by atoms with Crippen LogP contribution < -0.4 is 0 Å². The highest BCUT2D eigenvalue weighted by Gasteiger charge is 2.78. The molecule has 0 radical (unpaired) electrons. The van der Waals surface area contributed by atoms with Gasteiger partial charge in [-0.05, 0) is 44.6 Å². The predicted octanol–water partition coefficient (Wildman–Crippen LogP) is 3.74. The fourth-order valence-electron chi connectivity index (χ4n) is 4.82. The monoisotopic (exact) mass is 256 g/mol. The lowest BCUT2D eigenvalue weighted by molar-refractivity contribution is -0.819. The summed E-state index contributed by atoms with van der Waals surface area (Å²) in [5, 5.41) is 0. The quantitative estimate of drug-likeness (QED) is 0.569. The lowest BCUT2D eigenvalue weighted by atomic mass is 9.71. The maximum atomic E-state index is 2.56. The molecule has 1 aromatic carbocycles. The average Bonchev–Trinajstić information content (AvgIpc) is 3.32. The van der Waals surface area contributed by atoms with Gasteiger partial charge in [0, 0.05) is 6.42 Å². The smallest absolute Gasteiger partial charge is 0.156 e. The van der Waals surface area contributed by atoms with Crippen LogP contribution in [0.15, 0.2) is 30.3 Å². The first kappa shape index (κ1) is 12.0. The Hall–Kier alpha value is -0.820. The molecular formula is C18H26N+. The van der Waals surface area contributed by atoms with E-state index < -0.39 is 0 Å². The largest absolute Gasteiger partial charge is 0.308 e. The Bertz CT molecular complexity index is 488. The average molecular weight is 256 g/mol. The van der Waals surface area contributed by atoms with Crippen molar-refractivity contribution in [1.29, 1.82) is 0 Å². The summed E-state index contributed by atoms with van der Waals surface area (Å²) in [5.74, 6) is 1.08. The van der Waals surface area contributed by atoms with Gasteiger partial charge < -0.3 is 4.48 Å². The van der Waals surface area contributed by atoms with Crippen molar-refractivity contribution in [3.8, 4) is 0 Å². The van der Waals surface area contributed by atoms with Gasteiger partial charge in [0.2, 0.25) is 0 Å². The molecule has 4 rings (SSSR count). The molecule has 1 saturated carbocycles. The Morgan fingerprint density at radius 3 is 2.53 bits per heavy atom. The maximum absolute atomic E-state index is 2.56. The van der Waals surface area contributed by atoms with Crippen molar-refractivity contribution >= 4 is 0 Å². The highest BCUT2D eigenvalue weighted by Crippen LogP contribution is 2.62. The van der Waals surface area contributed by atoms with Gasteiger partial charge in [0.25, 0.3) is 0 Å². The first-order valence-electron chi connectivity index (χ1n) is 8.01. The molecule has 2 heterocycles. The van der Waals surface area contributed by atoms with Crippen LogP contribution in [0.4, 0.5) is 0 Å². The van der Waals surface area contributed by atoms with Crippen LogP contribution in [-0.4, -0.2) is 29.7 Å². The Balaban J connectivity index is 1.59. The highest BCUT2D eigenvalue weighted by atomic mass is 15.6. The zero-order valence-corrected chi connectivity index (χ0v) is 12.4. The van der Waals surface area contributed by atoms with Crippen LogP contribution in [0, 0.1) is 5.92 Å². The molecule has 1 aliphatic carbocycles. The number of benzene rings is 1. The Morgan fingerprint density at radius 1 is 1.16 bits per heavy atom. The lowest BCUT2D eigenvalue weighted by Crippen LogP contribution is -2.39. The summed E-state index contributed by atoms with van der Waals surface area (Å²) in [6.07, 6.45) is 5.87. The van der Waals surface area contributed by atoms with Crippen molar-refractivity contribution in [2.24, 2.45) is 5.92 Å². The molecule has 0 N–H and O–H groups in total. The van der Waals surface area contributed by atoms with Crippen LogP contribution in [0.25, 0.3) is 0 Å². The van der Waals surface area contributed by atoms with Crippen molar-refractivity contribution in [3.05, 3.63) is 35.9 Å². The fraction of sp³-hybridized carbons (Fsp3) is 0.667. The molecule has 0 spiro atoms. The molecule has 1 heteroatoms. The molecule has 3 atom stereocenters. The van der Waals surface area contributed by atoms with Gasteiger partial charge in [0.05, 0.1) is 18.5 Å². The zero-order valence-electron chi connectivity index (χ0n) is 12.4. The fourth-order valence-corrected chi connectivity index (χ4v) is 4.82. The molecule has 3 fully saturated rings. The van der Waals surface area contributed by atoms with Crippen molar-refractivity contribution in [2.75, 3.05) is 19.6 Å². The van der Waals surface area contributed by atoms with Gasteiger partial charge in [-0.25, -0.2) is 0 Å². The summed E-state index contributed by atoms with van der Waals surface area (Å²) in [5.41, 5.74) is 2.49. The third-order valence-electron chi connectivity index (χ3n) is 6.86. The summed E-state index contributed by atoms with van der Waals surface area (Å²) in [6.45, 7) is 9.36. The standard InChI is InChI=1S/C18H26N/c1-17(16-6-4-3-5-7-16)11-13-19(14-18(17,19)2)12-10-15-8-9-15/h3-7,15H,8-14H2,1-2H3/q+1. The topological polar surface area (TPSA) is 0 Å². The van der Waals surface area contributed by atoms with Crippen molar-refractivity contribution < 1.29 is 4.48 Å². The molecule has 0 bridgehead atoms. The summed E-state index contributed by atoms with van der Waals surface area (Å²) >= 11 is 0. The van der Waals surface area contributed by atoms with Gasteiger partial charge in [-0.2, -0.15) is 0 Å². The molecule has 102 valence electrons. The highest BCUT2D eigenvalue weighted by molar-refractivity contribution is 5.33. The number of hydrogen-bond donors (Lipinski definition) is 0. The van der Waals surface area contributed by atoms with E-state index in [0.29, 0.717) is 11.0 Å². The van der Waals surface area contributed by atoms with E-state index in [1.165, 1.54) is 49.8 Å². The van der Waals surface area contributed by atoms with Crippen LogP contribution >= 0.6 is 0 Å². The Kier molecular flexibility index (Phi) is 2.29. The van der Waals surface area contributed by atoms with E-state index in [0.717, 1.165) is 5.92 Å². The van der Waals surface area contributed by atoms with Gasteiger partial charge in [-0.15, -0.1) is 0 Å². The second-order valence-corrected chi connectivity index (χ2v) is 7.70. The van der Waals surface area contributed by atoms with E-state index in [1.54, 1.807) is 5.56 Å². The number of rotatable bonds is 4. The molecule has 3 aliphatic rings. The number of quaternary nitrogens is 1. The van der Waals surface area contributed by atoms with E-state index in [4.69, 9.17) is 0 Å². The van der Waals surface area contributed by atoms with Crippen LogP contribution in [0.5, 0.6) is 0 Å². The molecule has 0 aromatic heterocycles. The molecule has 2 saturated heterocycles. The molecule has 0 amide bonds. The van der Waals surface area contributed by atoms with Crippen LogP contribution in [0.3, 0.4) is 0 Å². The van der Waals surface area contributed by atoms with Crippen molar-refractivity contribution in [1.82, 2.24) is 0 Å². The molecule has 1 nitrogen and oxygen atoms in total. The first-order valence-corrected chi connectivity index (χ1v) is 8.01. The number of piperidine rings is 1. The van der Waals surface area contributed by atoms with Crippen LogP contribution in [-0.2, 0) is 5.41 Å². The van der Waals surface area contributed by atoms with Gasteiger partial charge in [-0.1, -0.05) is 30.3 Å². The molecule has 3 unspecified atom stereocenters. The first-order chi connectivity index (χ1) is 9.10. The number of fused-ring (bicyclic) bond motifs is 1. The number of nitrogens with zero attached hydrogens (tertiary/aromatic N) is 1. The minimum Gasteiger partial charge on any atom is -0.308 e. The third-order valence-corrected chi connectivity index (χ3v) is 6.86. The minimum atomic E-state index is 0.401. The van der Waals surface area contributed by atoms with Gasteiger partial charge in [-0.3, -0.25) is 0 Å². The van der Waals surface area contributed by atoms with Crippen LogP contribution in [0.1, 0.15) is 45.1 Å². The minimum absolute atomic E-state index is 0.401. The summed E-state index contributed by atoms with van der Waals surface area (Å²) < 4.78 is 1.43. The molecule has 1 aromatic rings. The third kappa shape index (κ3) is 1.51. The molecule has 2 aliphatic heterocycles. The van der Waals surface area contributed by atoms with E-state index in [-0.39, 0.29) is 0 Å². The molecular weight excluding hydrogens is 230 g/mol. The second-order valence-electron chi connectivity index (χ2n) is 7.70. The van der Waals surface area contributed by atoms with Gasteiger partial charge >= 0.3 is 0 Å². The maximum Gasteiger partial charge on any atom is 0.156 e. The Labute approximate surface area is 117 Å². The van der Waals surface area contributed by atoms with Crippen molar-refractivity contribution in [3.63, 3.8) is 0 Å². The lowest BCUT2D eigenvalue weighted by Gasteiger charge is -2.29. The van der Waals surface area contributed by atoms with Crippen molar-refractivity contribution in [2.45, 2.75) is 50.5 Å². The van der Waals surface area contributed by atoms with Crippen LogP contribution in [0.2, 0.25) is 0 Å². The van der Waals surface area contributed by atoms with Gasteiger partial charge in [0.1, 0.15) is 6.54 Å². The SMILES string of the molecule is CC1(c2ccccc2)CC[N+]2(CCC3CC3)CC12C. The summed E-state index contributed by atoms with van der Waals surface area (Å²) in [4.78, 5) is 0. The number of hydrogen-bond acceptors (Lipinski definition) is 0. The normalized spacial score (nSPS) is 44.1. The van der Waals surface area contributed by atoms with E-state index in [2.05, 4.69) is 44.2 Å². The predicted molar refractivity (Wildman–Crippen MR) is 79.0 cm³/mol. The second kappa shape index (κ2) is 3.63. The van der Waals surface area contributed by atoms with E-state index >= 15 is 0 Å². The summed E-state index contributed by atoms with van der Waals surface area (Å²) in [7, 11) is 0. The van der Waals surface area contributed by atoms with E-state index in [1.807, 2.05) is 0 Å². The van der Waals surface area contributed by atoms with E-state index in [9.17, 15) is 0 Å². The van der Waals surface area contributed by atoms with Gasteiger partial charge in [0.15, 0.2) is 5.54 Å².